The third-order valence-corrected chi connectivity index (χ3v) is 7.27. The van der Waals surface area contributed by atoms with Crippen LogP contribution in [0.5, 0.6) is 5.88 Å². The highest BCUT2D eigenvalue weighted by atomic mass is 32.2. The van der Waals surface area contributed by atoms with Crippen LogP contribution in [0, 0.1) is 0 Å². The molecule has 0 bridgehead atoms. The summed E-state index contributed by atoms with van der Waals surface area (Å²) in [6, 6.07) is 5.20. The van der Waals surface area contributed by atoms with Crippen molar-refractivity contribution in [2.24, 2.45) is 0 Å². The first-order valence-corrected chi connectivity index (χ1v) is 11.3. The second-order valence-corrected chi connectivity index (χ2v) is 9.13. The Morgan fingerprint density at radius 1 is 0.897 bits per heavy atom. The maximum Gasteiger partial charge on any atom is 0.244 e. The Labute approximate surface area is 171 Å². The van der Waals surface area contributed by atoms with Crippen molar-refractivity contribution in [2.75, 3.05) is 56.2 Å². The fraction of sp³-hybridized carbons (Fsp3) is 0.526. The number of nitrogens with zero attached hydrogens (tertiary/aromatic N) is 6. The molecule has 0 saturated carbocycles. The molecular formula is C19H26N6O3S. The number of piperazine rings is 1. The lowest BCUT2D eigenvalue weighted by atomic mass is 10.2. The van der Waals surface area contributed by atoms with Crippen molar-refractivity contribution in [3.05, 3.63) is 30.6 Å². The molecule has 0 spiro atoms. The Morgan fingerprint density at radius 2 is 1.62 bits per heavy atom. The van der Waals surface area contributed by atoms with Crippen molar-refractivity contribution < 1.29 is 13.2 Å². The minimum atomic E-state index is -3.45. The summed E-state index contributed by atoms with van der Waals surface area (Å²) in [7, 11) is -1.86. The van der Waals surface area contributed by atoms with Crippen molar-refractivity contribution in [2.45, 2.75) is 24.2 Å². The van der Waals surface area contributed by atoms with Gasteiger partial charge < -0.3 is 14.5 Å². The second-order valence-electron chi connectivity index (χ2n) is 7.19. The third-order valence-electron chi connectivity index (χ3n) is 5.39. The van der Waals surface area contributed by atoms with Gasteiger partial charge in [-0.05, 0) is 25.0 Å². The number of methoxy groups -OCH3 is 1. The molecule has 10 heteroatoms. The third kappa shape index (κ3) is 4.27. The average Bonchev–Trinajstić information content (AvgIpc) is 2.80. The number of piperidine rings is 1. The van der Waals surface area contributed by atoms with E-state index in [-0.39, 0.29) is 4.90 Å². The number of anilines is 2. The molecule has 2 saturated heterocycles. The highest BCUT2D eigenvalue weighted by Crippen LogP contribution is 2.23. The fourth-order valence-electron chi connectivity index (χ4n) is 3.70. The predicted octanol–water partition coefficient (Wildman–Crippen LogP) is 1.38. The molecule has 0 aromatic carbocycles. The highest BCUT2D eigenvalue weighted by Gasteiger charge is 2.27. The average molecular weight is 419 g/mol. The zero-order valence-electron chi connectivity index (χ0n) is 16.6. The van der Waals surface area contributed by atoms with Crippen LogP contribution in [0.2, 0.25) is 0 Å². The number of sulfonamides is 1. The maximum atomic E-state index is 12.8. The maximum absolute atomic E-state index is 12.8. The molecule has 0 amide bonds. The molecule has 0 radical (unpaired) electrons. The van der Waals surface area contributed by atoms with E-state index in [4.69, 9.17) is 4.74 Å². The summed E-state index contributed by atoms with van der Waals surface area (Å²) in [5.74, 6) is 1.98. The summed E-state index contributed by atoms with van der Waals surface area (Å²) in [6.07, 6.45) is 6.11. The molecule has 2 aromatic heterocycles. The zero-order chi connectivity index (χ0) is 20.3. The van der Waals surface area contributed by atoms with E-state index in [0.717, 1.165) is 51.3 Å². The molecule has 0 aliphatic carbocycles. The predicted molar refractivity (Wildman–Crippen MR) is 110 cm³/mol. The molecule has 156 valence electrons. The minimum Gasteiger partial charge on any atom is -0.481 e. The normalized spacial score (nSPS) is 18.7. The van der Waals surface area contributed by atoms with Crippen LogP contribution in [-0.4, -0.2) is 74.1 Å². The standard InChI is InChI=1S/C19H26N6O3S/c1-28-18-7-8-20-19(22-18)24-13-11-23(12-14-24)17-6-5-16(15-21-17)29(26,27)25-9-3-2-4-10-25/h5-8,15H,2-4,9-14H2,1H3. The van der Waals surface area contributed by atoms with Gasteiger partial charge in [-0.1, -0.05) is 6.42 Å². The minimum absolute atomic E-state index is 0.270. The Morgan fingerprint density at radius 3 is 2.28 bits per heavy atom. The molecule has 2 aromatic rings. The van der Waals surface area contributed by atoms with Crippen molar-refractivity contribution >= 4 is 21.8 Å². The van der Waals surface area contributed by atoms with Gasteiger partial charge in [-0.2, -0.15) is 9.29 Å². The summed E-state index contributed by atoms with van der Waals surface area (Å²) in [5, 5.41) is 0. The largest absolute Gasteiger partial charge is 0.481 e. The van der Waals surface area contributed by atoms with Crippen LogP contribution >= 0.6 is 0 Å². The Kier molecular flexibility index (Phi) is 5.81. The first kappa shape index (κ1) is 19.8. The lowest BCUT2D eigenvalue weighted by Gasteiger charge is -2.35. The lowest BCUT2D eigenvalue weighted by molar-refractivity contribution is 0.346. The van der Waals surface area contributed by atoms with E-state index in [1.807, 2.05) is 0 Å². The first-order chi connectivity index (χ1) is 14.1. The lowest BCUT2D eigenvalue weighted by Crippen LogP contribution is -2.47. The van der Waals surface area contributed by atoms with E-state index in [0.29, 0.717) is 24.9 Å². The fourth-order valence-corrected chi connectivity index (χ4v) is 5.16. The van der Waals surface area contributed by atoms with Gasteiger partial charge in [0.2, 0.25) is 21.9 Å². The van der Waals surface area contributed by atoms with Crippen LogP contribution in [0.3, 0.4) is 0 Å². The summed E-state index contributed by atoms with van der Waals surface area (Å²) >= 11 is 0. The van der Waals surface area contributed by atoms with Gasteiger partial charge in [0.1, 0.15) is 10.7 Å². The number of aromatic nitrogens is 3. The molecule has 0 unspecified atom stereocenters. The molecule has 0 N–H and O–H groups in total. The number of hydrogen-bond acceptors (Lipinski definition) is 8. The SMILES string of the molecule is COc1ccnc(N2CCN(c3ccc(S(=O)(=O)N4CCCCC4)cn3)CC2)n1. The first-order valence-electron chi connectivity index (χ1n) is 9.91. The molecular weight excluding hydrogens is 392 g/mol. The van der Waals surface area contributed by atoms with Crippen LogP contribution < -0.4 is 14.5 Å². The van der Waals surface area contributed by atoms with E-state index in [1.54, 1.807) is 35.8 Å². The topological polar surface area (TPSA) is 91.8 Å². The van der Waals surface area contributed by atoms with Gasteiger partial charge in [-0.3, -0.25) is 0 Å². The van der Waals surface area contributed by atoms with E-state index >= 15 is 0 Å². The zero-order valence-corrected chi connectivity index (χ0v) is 17.4. The van der Waals surface area contributed by atoms with Crippen molar-refractivity contribution in [3.63, 3.8) is 0 Å². The van der Waals surface area contributed by atoms with E-state index in [2.05, 4.69) is 24.8 Å². The molecule has 0 atom stereocenters. The van der Waals surface area contributed by atoms with Gasteiger partial charge in [0, 0.05) is 57.7 Å². The molecule has 29 heavy (non-hydrogen) atoms. The van der Waals surface area contributed by atoms with Crippen LogP contribution in [0.25, 0.3) is 0 Å². The summed E-state index contributed by atoms with van der Waals surface area (Å²) in [6.45, 7) is 4.21. The van der Waals surface area contributed by atoms with Crippen molar-refractivity contribution in [1.82, 2.24) is 19.3 Å². The number of rotatable bonds is 5. The Bertz CT molecular complexity index is 923. The molecule has 2 fully saturated rings. The highest BCUT2D eigenvalue weighted by molar-refractivity contribution is 7.89. The van der Waals surface area contributed by atoms with Crippen LogP contribution in [0.15, 0.2) is 35.5 Å². The van der Waals surface area contributed by atoms with Crippen LogP contribution in [0.4, 0.5) is 11.8 Å². The van der Waals surface area contributed by atoms with Crippen molar-refractivity contribution in [1.29, 1.82) is 0 Å². The summed E-state index contributed by atoms with van der Waals surface area (Å²) in [4.78, 5) is 17.7. The van der Waals surface area contributed by atoms with Crippen LogP contribution in [0.1, 0.15) is 19.3 Å². The van der Waals surface area contributed by atoms with Gasteiger partial charge in [-0.15, -0.1) is 0 Å². The van der Waals surface area contributed by atoms with E-state index in [1.165, 1.54) is 6.20 Å². The van der Waals surface area contributed by atoms with Crippen molar-refractivity contribution in [3.8, 4) is 5.88 Å². The molecule has 2 aliphatic heterocycles. The van der Waals surface area contributed by atoms with Gasteiger partial charge >= 0.3 is 0 Å². The van der Waals surface area contributed by atoms with Gasteiger partial charge in [0.15, 0.2) is 0 Å². The molecule has 4 heterocycles. The van der Waals surface area contributed by atoms with E-state index in [9.17, 15) is 8.42 Å². The quantitative estimate of drug-likeness (QED) is 0.719. The number of ether oxygens (including phenoxy) is 1. The molecule has 4 rings (SSSR count). The smallest absolute Gasteiger partial charge is 0.244 e. The van der Waals surface area contributed by atoms with Gasteiger partial charge in [0.25, 0.3) is 0 Å². The van der Waals surface area contributed by atoms with E-state index < -0.39 is 10.0 Å². The Balaban J connectivity index is 1.40. The number of hydrogen-bond donors (Lipinski definition) is 0. The molecule has 2 aliphatic rings. The number of pyridine rings is 1. The summed E-state index contributed by atoms with van der Waals surface area (Å²) < 4.78 is 32.3. The Hall–Kier alpha value is -2.46. The van der Waals surface area contributed by atoms with Gasteiger partial charge in [0.05, 0.1) is 7.11 Å². The van der Waals surface area contributed by atoms with Crippen LogP contribution in [-0.2, 0) is 10.0 Å². The molecule has 9 nitrogen and oxygen atoms in total. The van der Waals surface area contributed by atoms with Gasteiger partial charge in [-0.25, -0.2) is 18.4 Å². The summed E-state index contributed by atoms with van der Waals surface area (Å²) in [5.41, 5.74) is 0. The second kappa shape index (κ2) is 8.50. The monoisotopic (exact) mass is 418 g/mol.